The highest BCUT2D eigenvalue weighted by Crippen LogP contribution is 2.17. The first-order valence-corrected chi connectivity index (χ1v) is 7.40. The number of carbonyl (C=O) groups excluding carboxylic acids is 1. The number of nitrogens with one attached hydrogen (secondary N) is 1. The van der Waals surface area contributed by atoms with Gasteiger partial charge in [-0.2, -0.15) is 0 Å². The van der Waals surface area contributed by atoms with Crippen LogP contribution in [0.25, 0.3) is 0 Å². The van der Waals surface area contributed by atoms with Crippen LogP contribution in [0, 0.1) is 3.57 Å². The molecule has 3 heteroatoms. The Kier molecular flexibility index (Phi) is 4.96. The van der Waals surface area contributed by atoms with Crippen molar-refractivity contribution in [2.75, 3.05) is 0 Å². The summed E-state index contributed by atoms with van der Waals surface area (Å²) in [6.07, 6.45) is 0.875. The Bertz CT molecular complexity index is 554. The summed E-state index contributed by atoms with van der Waals surface area (Å²) in [4.78, 5) is 12.2. The first kappa shape index (κ1) is 14.1. The molecule has 0 fully saturated rings. The zero-order chi connectivity index (χ0) is 13.7. The number of hydrogen-bond donors (Lipinski definition) is 1. The summed E-state index contributed by atoms with van der Waals surface area (Å²) in [7, 11) is 0. The highest BCUT2D eigenvalue weighted by atomic mass is 127. The smallest absolute Gasteiger partial charge is 0.251 e. The van der Waals surface area contributed by atoms with E-state index in [1.54, 1.807) is 0 Å². The predicted molar refractivity (Wildman–Crippen MR) is 86.1 cm³/mol. The van der Waals surface area contributed by atoms with Crippen molar-refractivity contribution in [1.29, 1.82) is 0 Å². The van der Waals surface area contributed by atoms with Crippen molar-refractivity contribution in [1.82, 2.24) is 5.32 Å². The van der Waals surface area contributed by atoms with Gasteiger partial charge in [0.2, 0.25) is 0 Å². The molecule has 0 radical (unpaired) electrons. The SMILES string of the molecule is CC[C@@H](NC(=O)c1cccc(I)c1)c1ccccc1. The molecule has 0 heterocycles. The van der Waals surface area contributed by atoms with E-state index in [9.17, 15) is 4.79 Å². The fourth-order valence-corrected chi connectivity index (χ4v) is 2.52. The number of amides is 1. The van der Waals surface area contributed by atoms with E-state index < -0.39 is 0 Å². The van der Waals surface area contributed by atoms with Crippen molar-refractivity contribution in [3.8, 4) is 0 Å². The highest BCUT2D eigenvalue weighted by molar-refractivity contribution is 14.1. The minimum absolute atomic E-state index is 0.0192. The van der Waals surface area contributed by atoms with Gasteiger partial charge in [-0.3, -0.25) is 4.79 Å². The lowest BCUT2D eigenvalue weighted by Crippen LogP contribution is -2.28. The van der Waals surface area contributed by atoms with Gasteiger partial charge in [0, 0.05) is 9.13 Å². The monoisotopic (exact) mass is 365 g/mol. The molecule has 0 bridgehead atoms. The van der Waals surface area contributed by atoms with Crippen molar-refractivity contribution in [3.05, 3.63) is 69.3 Å². The summed E-state index contributed by atoms with van der Waals surface area (Å²) in [5.74, 6) is -0.0192. The molecule has 0 saturated carbocycles. The Morgan fingerprint density at radius 3 is 2.53 bits per heavy atom. The van der Waals surface area contributed by atoms with E-state index in [4.69, 9.17) is 0 Å². The van der Waals surface area contributed by atoms with Crippen molar-refractivity contribution in [2.45, 2.75) is 19.4 Å². The van der Waals surface area contributed by atoms with Gasteiger partial charge in [0.15, 0.2) is 0 Å². The quantitative estimate of drug-likeness (QED) is 0.810. The second-order valence-corrected chi connectivity index (χ2v) is 5.60. The molecule has 0 aliphatic rings. The number of rotatable bonds is 4. The third-order valence-corrected chi connectivity index (χ3v) is 3.67. The van der Waals surface area contributed by atoms with Crippen LogP contribution in [0.5, 0.6) is 0 Å². The maximum absolute atomic E-state index is 12.2. The second kappa shape index (κ2) is 6.70. The van der Waals surface area contributed by atoms with Crippen molar-refractivity contribution in [2.24, 2.45) is 0 Å². The molecule has 1 amide bonds. The van der Waals surface area contributed by atoms with Gasteiger partial charge in [0.05, 0.1) is 6.04 Å². The third kappa shape index (κ3) is 3.80. The summed E-state index contributed by atoms with van der Waals surface area (Å²) < 4.78 is 1.07. The van der Waals surface area contributed by atoms with Crippen molar-refractivity contribution in [3.63, 3.8) is 0 Å². The zero-order valence-corrected chi connectivity index (χ0v) is 12.9. The average Bonchev–Trinajstić information content (AvgIpc) is 2.45. The number of benzene rings is 2. The van der Waals surface area contributed by atoms with Gasteiger partial charge in [0.25, 0.3) is 5.91 Å². The second-order valence-electron chi connectivity index (χ2n) is 4.36. The van der Waals surface area contributed by atoms with Crippen LogP contribution in [0.2, 0.25) is 0 Å². The first-order valence-electron chi connectivity index (χ1n) is 6.32. The molecule has 0 aliphatic heterocycles. The Balaban J connectivity index is 2.13. The summed E-state index contributed by atoms with van der Waals surface area (Å²) in [5.41, 5.74) is 1.85. The Hall–Kier alpha value is -1.36. The van der Waals surface area contributed by atoms with Gasteiger partial charge in [-0.05, 0) is 52.8 Å². The van der Waals surface area contributed by atoms with Gasteiger partial charge in [-0.15, -0.1) is 0 Å². The van der Waals surface area contributed by atoms with Crippen LogP contribution in [-0.2, 0) is 0 Å². The Morgan fingerprint density at radius 1 is 1.16 bits per heavy atom. The van der Waals surface area contributed by atoms with E-state index in [0.29, 0.717) is 5.56 Å². The van der Waals surface area contributed by atoms with Crippen molar-refractivity contribution < 1.29 is 4.79 Å². The van der Waals surface area contributed by atoms with E-state index >= 15 is 0 Å². The summed E-state index contributed by atoms with van der Waals surface area (Å²) in [6, 6.07) is 17.7. The molecule has 19 heavy (non-hydrogen) atoms. The molecule has 0 saturated heterocycles. The molecule has 0 aliphatic carbocycles. The summed E-state index contributed by atoms with van der Waals surface area (Å²) >= 11 is 2.21. The fourth-order valence-electron chi connectivity index (χ4n) is 1.98. The topological polar surface area (TPSA) is 29.1 Å². The minimum Gasteiger partial charge on any atom is -0.345 e. The van der Waals surface area contributed by atoms with E-state index in [2.05, 4.69) is 34.8 Å². The number of halogens is 1. The van der Waals surface area contributed by atoms with Gasteiger partial charge in [-0.25, -0.2) is 0 Å². The molecule has 2 aromatic carbocycles. The van der Waals surface area contributed by atoms with Crippen LogP contribution in [0.3, 0.4) is 0 Å². The third-order valence-electron chi connectivity index (χ3n) is 3.00. The maximum Gasteiger partial charge on any atom is 0.251 e. The number of carbonyl (C=O) groups is 1. The molecule has 0 spiro atoms. The van der Waals surface area contributed by atoms with Gasteiger partial charge >= 0.3 is 0 Å². The van der Waals surface area contributed by atoms with E-state index in [0.717, 1.165) is 15.6 Å². The summed E-state index contributed by atoms with van der Waals surface area (Å²) in [5, 5.41) is 3.08. The molecule has 2 rings (SSSR count). The fraction of sp³-hybridized carbons (Fsp3) is 0.188. The van der Waals surface area contributed by atoms with E-state index in [-0.39, 0.29) is 11.9 Å². The molecule has 98 valence electrons. The first-order chi connectivity index (χ1) is 9.20. The van der Waals surface area contributed by atoms with E-state index in [1.165, 1.54) is 0 Å². The Labute approximate surface area is 127 Å². The van der Waals surface area contributed by atoms with E-state index in [1.807, 2.05) is 54.6 Å². The normalized spacial score (nSPS) is 11.9. The van der Waals surface area contributed by atoms with Crippen LogP contribution in [0.1, 0.15) is 35.3 Å². The zero-order valence-electron chi connectivity index (χ0n) is 10.8. The highest BCUT2D eigenvalue weighted by Gasteiger charge is 2.13. The van der Waals surface area contributed by atoms with Crippen LogP contribution in [0.15, 0.2) is 54.6 Å². The standard InChI is InChI=1S/C16H16INO/c1-2-15(12-7-4-3-5-8-12)18-16(19)13-9-6-10-14(17)11-13/h3-11,15H,2H2,1H3,(H,18,19)/t15-/m1/s1. The Morgan fingerprint density at radius 2 is 1.89 bits per heavy atom. The lowest BCUT2D eigenvalue weighted by Gasteiger charge is -2.17. The van der Waals surface area contributed by atoms with Gasteiger partial charge in [0.1, 0.15) is 0 Å². The minimum atomic E-state index is -0.0192. The van der Waals surface area contributed by atoms with Gasteiger partial charge in [-0.1, -0.05) is 43.3 Å². The maximum atomic E-state index is 12.2. The predicted octanol–water partition coefficient (Wildman–Crippen LogP) is 4.17. The lowest BCUT2D eigenvalue weighted by molar-refractivity contribution is 0.0935. The average molecular weight is 365 g/mol. The lowest BCUT2D eigenvalue weighted by atomic mass is 10.0. The largest absolute Gasteiger partial charge is 0.345 e. The molecule has 2 aromatic rings. The van der Waals surface area contributed by atoms with Crippen LogP contribution in [0.4, 0.5) is 0 Å². The molecular weight excluding hydrogens is 349 g/mol. The summed E-state index contributed by atoms with van der Waals surface area (Å²) in [6.45, 7) is 2.08. The van der Waals surface area contributed by atoms with Crippen LogP contribution in [-0.4, -0.2) is 5.91 Å². The van der Waals surface area contributed by atoms with Gasteiger partial charge < -0.3 is 5.32 Å². The molecule has 1 N–H and O–H groups in total. The molecule has 0 unspecified atom stereocenters. The van der Waals surface area contributed by atoms with Crippen LogP contribution < -0.4 is 5.32 Å². The molecule has 2 nitrogen and oxygen atoms in total. The molecule has 1 atom stereocenters. The van der Waals surface area contributed by atoms with Crippen molar-refractivity contribution >= 4 is 28.5 Å². The van der Waals surface area contributed by atoms with Crippen LogP contribution >= 0.6 is 22.6 Å². The number of hydrogen-bond acceptors (Lipinski definition) is 1. The molecular formula is C16H16INO. The molecule has 0 aromatic heterocycles.